The summed E-state index contributed by atoms with van der Waals surface area (Å²) in [7, 11) is -3.85. The molecular formula is C15H14ClN5O2S. The average Bonchev–Trinajstić information content (AvgIpc) is 2.86. The highest BCUT2D eigenvalue weighted by Crippen LogP contribution is 2.23. The second-order valence-electron chi connectivity index (χ2n) is 5.14. The molecule has 1 N–H and O–H groups in total. The number of aromatic nitrogens is 4. The highest BCUT2D eigenvalue weighted by atomic mass is 35.5. The molecule has 124 valence electrons. The topological polar surface area (TPSA) is 89.8 Å². The van der Waals surface area contributed by atoms with Crippen molar-refractivity contribution in [2.24, 2.45) is 0 Å². The molecule has 0 spiro atoms. The second-order valence-corrected chi connectivity index (χ2v) is 7.19. The van der Waals surface area contributed by atoms with Gasteiger partial charge < -0.3 is 0 Å². The van der Waals surface area contributed by atoms with Crippen molar-refractivity contribution in [2.75, 3.05) is 4.72 Å². The summed E-state index contributed by atoms with van der Waals surface area (Å²) in [6, 6.07) is 9.60. The zero-order chi connectivity index (χ0) is 17.3. The molecule has 3 rings (SSSR count). The maximum Gasteiger partial charge on any atom is 0.264 e. The Morgan fingerprint density at radius 3 is 2.54 bits per heavy atom. The van der Waals surface area contributed by atoms with Crippen LogP contribution in [0.2, 0.25) is 5.02 Å². The Morgan fingerprint density at radius 1 is 1.12 bits per heavy atom. The molecule has 9 heteroatoms. The van der Waals surface area contributed by atoms with E-state index in [-0.39, 0.29) is 15.7 Å². The smallest absolute Gasteiger partial charge is 0.263 e. The normalized spacial score (nSPS) is 11.5. The fraction of sp³-hybridized carbons (Fsp3) is 0.133. The predicted molar refractivity (Wildman–Crippen MR) is 90.9 cm³/mol. The van der Waals surface area contributed by atoms with Gasteiger partial charge in [0.2, 0.25) is 0 Å². The number of rotatable bonds is 4. The summed E-state index contributed by atoms with van der Waals surface area (Å²) in [6.07, 6.45) is 1.27. The first-order valence-corrected chi connectivity index (χ1v) is 8.86. The van der Waals surface area contributed by atoms with E-state index in [2.05, 4.69) is 19.8 Å². The van der Waals surface area contributed by atoms with Crippen LogP contribution in [0.5, 0.6) is 0 Å². The molecule has 7 nitrogen and oxygen atoms in total. The van der Waals surface area contributed by atoms with Crippen molar-refractivity contribution >= 4 is 27.4 Å². The van der Waals surface area contributed by atoms with Crippen LogP contribution < -0.4 is 4.72 Å². The summed E-state index contributed by atoms with van der Waals surface area (Å²) in [5.41, 5.74) is 1.72. The molecule has 0 radical (unpaired) electrons. The van der Waals surface area contributed by atoms with Crippen LogP contribution in [0.3, 0.4) is 0 Å². The van der Waals surface area contributed by atoms with Crippen LogP contribution >= 0.6 is 11.6 Å². The molecule has 0 fully saturated rings. The third-order valence-corrected chi connectivity index (χ3v) is 5.10. The summed E-state index contributed by atoms with van der Waals surface area (Å²) in [5, 5.41) is 4.46. The van der Waals surface area contributed by atoms with Gasteiger partial charge in [-0.25, -0.2) is 23.1 Å². The van der Waals surface area contributed by atoms with Gasteiger partial charge in [0.1, 0.15) is 17.0 Å². The number of nitrogens with zero attached hydrogens (tertiary/aromatic N) is 4. The highest BCUT2D eigenvalue weighted by Gasteiger charge is 2.18. The molecule has 0 aliphatic carbocycles. The van der Waals surface area contributed by atoms with Crippen molar-refractivity contribution in [2.45, 2.75) is 18.7 Å². The largest absolute Gasteiger partial charge is 0.264 e. The van der Waals surface area contributed by atoms with E-state index in [1.54, 1.807) is 16.8 Å². The number of benzene rings is 1. The lowest BCUT2D eigenvalue weighted by molar-refractivity contribution is 0.601. The standard InChI is InChI=1S/C15H14ClN5O2S/c1-10-7-11(2)21(19-10)15-8-14(17-9-18-15)20-24(22,23)13-6-4-3-5-12(13)16/h3-9H,1-2H3,(H,17,18,20). The van der Waals surface area contributed by atoms with Crippen molar-refractivity contribution in [1.82, 2.24) is 19.7 Å². The van der Waals surface area contributed by atoms with Gasteiger partial charge in [-0.15, -0.1) is 0 Å². The molecule has 2 heterocycles. The quantitative estimate of drug-likeness (QED) is 0.769. The van der Waals surface area contributed by atoms with Gasteiger partial charge in [-0.2, -0.15) is 5.10 Å². The van der Waals surface area contributed by atoms with Gasteiger partial charge in [-0.05, 0) is 32.0 Å². The summed E-state index contributed by atoms with van der Waals surface area (Å²) in [6.45, 7) is 3.75. The van der Waals surface area contributed by atoms with E-state index in [0.717, 1.165) is 11.4 Å². The minimum atomic E-state index is -3.85. The first-order chi connectivity index (χ1) is 11.4. The van der Waals surface area contributed by atoms with Gasteiger partial charge in [0, 0.05) is 11.8 Å². The number of hydrogen-bond acceptors (Lipinski definition) is 5. The van der Waals surface area contributed by atoms with Gasteiger partial charge in [0.05, 0.1) is 10.7 Å². The highest BCUT2D eigenvalue weighted by molar-refractivity contribution is 7.92. The maximum absolute atomic E-state index is 12.5. The molecule has 3 aromatic rings. The van der Waals surface area contributed by atoms with Gasteiger partial charge in [-0.1, -0.05) is 23.7 Å². The molecule has 24 heavy (non-hydrogen) atoms. The van der Waals surface area contributed by atoms with Crippen LogP contribution in [-0.4, -0.2) is 28.2 Å². The van der Waals surface area contributed by atoms with Crippen LogP contribution in [0, 0.1) is 13.8 Å². The average molecular weight is 364 g/mol. The summed E-state index contributed by atoms with van der Waals surface area (Å²) < 4.78 is 28.9. The lowest BCUT2D eigenvalue weighted by Crippen LogP contribution is -2.15. The molecule has 2 aromatic heterocycles. The van der Waals surface area contributed by atoms with Gasteiger partial charge in [0.25, 0.3) is 10.0 Å². The summed E-state index contributed by atoms with van der Waals surface area (Å²) >= 11 is 5.96. The SMILES string of the molecule is Cc1cc(C)n(-c2cc(NS(=O)(=O)c3ccccc3Cl)ncn2)n1. The molecular weight excluding hydrogens is 350 g/mol. The Balaban J connectivity index is 1.96. The number of sulfonamides is 1. The molecule has 0 unspecified atom stereocenters. The minimum Gasteiger partial charge on any atom is -0.263 e. The molecule has 0 aliphatic heterocycles. The van der Waals surface area contributed by atoms with Crippen LogP contribution in [-0.2, 0) is 10.0 Å². The van der Waals surface area contributed by atoms with Gasteiger partial charge in [0.15, 0.2) is 5.82 Å². The van der Waals surface area contributed by atoms with E-state index in [9.17, 15) is 8.42 Å². The van der Waals surface area contributed by atoms with Crippen LogP contribution in [0.1, 0.15) is 11.4 Å². The second kappa shape index (κ2) is 6.21. The number of hydrogen-bond donors (Lipinski definition) is 1. The Hall–Kier alpha value is -2.45. The maximum atomic E-state index is 12.5. The molecule has 0 bridgehead atoms. The van der Waals surface area contributed by atoms with Crippen molar-refractivity contribution in [1.29, 1.82) is 0 Å². The monoisotopic (exact) mass is 363 g/mol. The number of nitrogens with one attached hydrogen (secondary N) is 1. The fourth-order valence-corrected chi connectivity index (χ4v) is 3.75. The van der Waals surface area contributed by atoms with Crippen molar-refractivity contribution in [3.8, 4) is 5.82 Å². The zero-order valence-corrected chi connectivity index (χ0v) is 14.5. The number of anilines is 1. The third-order valence-electron chi connectivity index (χ3n) is 3.24. The molecule has 1 aromatic carbocycles. The Bertz CT molecular complexity index is 1000. The summed E-state index contributed by atoms with van der Waals surface area (Å²) in [4.78, 5) is 8.07. The van der Waals surface area contributed by atoms with E-state index in [0.29, 0.717) is 5.82 Å². The van der Waals surface area contributed by atoms with E-state index >= 15 is 0 Å². The minimum absolute atomic E-state index is 0.0158. The van der Waals surface area contributed by atoms with Crippen molar-refractivity contribution in [3.63, 3.8) is 0 Å². The predicted octanol–water partition coefficient (Wildman–Crippen LogP) is 2.73. The van der Waals surface area contributed by atoms with Crippen LogP contribution in [0.4, 0.5) is 5.82 Å². The van der Waals surface area contributed by atoms with E-state index < -0.39 is 10.0 Å². The lowest BCUT2D eigenvalue weighted by atomic mass is 10.4. The third kappa shape index (κ3) is 3.24. The zero-order valence-electron chi connectivity index (χ0n) is 12.9. The van der Waals surface area contributed by atoms with E-state index in [1.807, 2.05) is 19.9 Å². The van der Waals surface area contributed by atoms with Gasteiger partial charge >= 0.3 is 0 Å². The number of halogens is 1. The summed E-state index contributed by atoms with van der Waals surface area (Å²) in [5.74, 6) is 0.597. The molecule has 0 saturated heterocycles. The van der Waals surface area contributed by atoms with Gasteiger partial charge in [-0.3, -0.25) is 4.72 Å². The van der Waals surface area contributed by atoms with E-state index in [1.165, 1.54) is 24.5 Å². The Kier molecular flexibility index (Phi) is 4.25. The lowest BCUT2D eigenvalue weighted by Gasteiger charge is -2.10. The molecule has 0 aliphatic rings. The fourth-order valence-electron chi connectivity index (χ4n) is 2.23. The van der Waals surface area contributed by atoms with Crippen LogP contribution in [0.15, 0.2) is 47.6 Å². The Morgan fingerprint density at radius 2 is 1.88 bits per heavy atom. The number of aryl methyl sites for hydroxylation is 2. The molecule has 0 saturated carbocycles. The first kappa shape index (κ1) is 16.4. The van der Waals surface area contributed by atoms with Crippen molar-refractivity contribution in [3.05, 3.63) is 59.1 Å². The van der Waals surface area contributed by atoms with Crippen molar-refractivity contribution < 1.29 is 8.42 Å². The Labute approximate surface area is 144 Å². The molecule has 0 amide bonds. The van der Waals surface area contributed by atoms with E-state index in [4.69, 9.17) is 11.6 Å². The van der Waals surface area contributed by atoms with Crippen LogP contribution in [0.25, 0.3) is 5.82 Å². The molecule has 0 atom stereocenters. The first-order valence-electron chi connectivity index (χ1n) is 7.00.